The molecule has 0 spiro atoms. The van der Waals surface area contributed by atoms with Crippen molar-refractivity contribution in [1.82, 2.24) is 0 Å². The largest absolute Gasteiger partial charge is 0.224 e. The van der Waals surface area contributed by atoms with Crippen LogP contribution in [-0.4, -0.2) is 8.42 Å². The first-order chi connectivity index (χ1) is 11.2. The van der Waals surface area contributed by atoms with Crippen LogP contribution in [0, 0.1) is 0 Å². The fraction of sp³-hybridized carbons (Fsp3) is 0.0526. The molecular formula is C19H17O2PS. The zero-order valence-electron chi connectivity index (χ0n) is 12.5. The second-order valence-electron chi connectivity index (χ2n) is 5.18. The van der Waals surface area contributed by atoms with Crippen molar-refractivity contribution in [3.63, 3.8) is 0 Å². The van der Waals surface area contributed by atoms with Crippen molar-refractivity contribution in [2.45, 2.75) is 5.75 Å². The van der Waals surface area contributed by atoms with E-state index in [-0.39, 0.29) is 5.75 Å². The monoisotopic (exact) mass is 340 g/mol. The van der Waals surface area contributed by atoms with E-state index in [1.165, 1.54) is 0 Å². The zero-order valence-corrected chi connectivity index (χ0v) is 14.3. The summed E-state index contributed by atoms with van der Waals surface area (Å²) in [4.78, 5) is 0. The molecule has 0 aliphatic carbocycles. The van der Waals surface area contributed by atoms with Crippen LogP contribution in [0.25, 0.3) is 0 Å². The fourth-order valence-corrected chi connectivity index (χ4v) is 8.51. The highest BCUT2D eigenvalue weighted by Crippen LogP contribution is 2.42. The molecule has 3 aromatic rings. The maximum Gasteiger partial charge on any atom is 0.179 e. The molecule has 0 bridgehead atoms. The second kappa shape index (κ2) is 7.08. The lowest BCUT2D eigenvalue weighted by atomic mass is 10.2. The summed E-state index contributed by atoms with van der Waals surface area (Å²) >= 11 is 0. The van der Waals surface area contributed by atoms with Gasteiger partial charge in [-0.15, -0.1) is 0 Å². The predicted octanol–water partition coefficient (Wildman–Crippen LogP) is 3.65. The van der Waals surface area contributed by atoms with E-state index in [0.717, 1.165) is 16.2 Å². The van der Waals surface area contributed by atoms with Crippen LogP contribution in [0.4, 0.5) is 0 Å². The van der Waals surface area contributed by atoms with Crippen LogP contribution < -0.4 is 10.6 Å². The van der Waals surface area contributed by atoms with Crippen LogP contribution in [0.2, 0.25) is 0 Å². The maximum atomic E-state index is 13.1. The van der Waals surface area contributed by atoms with Crippen molar-refractivity contribution in [2.24, 2.45) is 0 Å². The van der Waals surface area contributed by atoms with Crippen LogP contribution in [0.3, 0.4) is 0 Å². The minimum absolute atomic E-state index is 0.0589. The van der Waals surface area contributed by atoms with E-state index in [4.69, 9.17) is 0 Å². The highest BCUT2D eigenvalue weighted by Gasteiger charge is 2.28. The summed E-state index contributed by atoms with van der Waals surface area (Å²) in [6.45, 7) is 0. The van der Waals surface area contributed by atoms with Gasteiger partial charge in [-0.05, 0) is 16.2 Å². The average molecular weight is 340 g/mol. The SMILES string of the molecule is O=S(=O)(Cc1ccccc1)P(c1ccccc1)c1ccccc1. The molecule has 0 saturated heterocycles. The van der Waals surface area contributed by atoms with E-state index >= 15 is 0 Å². The number of benzene rings is 3. The minimum Gasteiger partial charge on any atom is -0.224 e. The van der Waals surface area contributed by atoms with Crippen LogP contribution in [0.15, 0.2) is 91.0 Å². The molecule has 3 aromatic carbocycles. The minimum atomic E-state index is -3.32. The van der Waals surface area contributed by atoms with Gasteiger partial charge in [-0.25, -0.2) is 8.42 Å². The Balaban J connectivity index is 2.05. The molecule has 0 N–H and O–H groups in total. The number of hydrogen-bond donors (Lipinski definition) is 0. The smallest absolute Gasteiger partial charge is 0.179 e. The topological polar surface area (TPSA) is 34.1 Å². The molecule has 0 saturated carbocycles. The van der Waals surface area contributed by atoms with Gasteiger partial charge in [-0.3, -0.25) is 0 Å². The van der Waals surface area contributed by atoms with Crippen molar-refractivity contribution < 1.29 is 8.42 Å². The molecule has 3 rings (SSSR count). The van der Waals surface area contributed by atoms with Gasteiger partial charge in [0.1, 0.15) is 0 Å². The van der Waals surface area contributed by atoms with Gasteiger partial charge in [0.2, 0.25) is 0 Å². The maximum absolute atomic E-state index is 13.1. The van der Waals surface area contributed by atoms with Gasteiger partial charge in [0.15, 0.2) is 9.46 Å². The Morgan fingerprint density at radius 3 is 1.43 bits per heavy atom. The van der Waals surface area contributed by atoms with Crippen molar-refractivity contribution in [2.75, 3.05) is 0 Å². The van der Waals surface area contributed by atoms with E-state index in [0.29, 0.717) is 0 Å². The number of hydrogen-bond acceptors (Lipinski definition) is 2. The standard InChI is InChI=1S/C19H17O2PS/c20-23(21,16-17-10-4-1-5-11-17)22(18-12-6-2-7-13-18)19-14-8-3-9-15-19/h1-15H,16H2. The fourth-order valence-electron chi connectivity index (χ4n) is 2.45. The lowest BCUT2D eigenvalue weighted by Crippen LogP contribution is -2.19. The Hall–Kier alpha value is -1.96. The Bertz CT molecular complexity index is 808. The van der Waals surface area contributed by atoms with Gasteiger partial charge < -0.3 is 0 Å². The number of rotatable bonds is 5. The summed E-state index contributed by atoms with van der Waals surface area (Å²) in [5.74, 6) is 0.0589. The van der Waals surface area contributed by atoms with Gasteiger partial charge >= 0.3 is 0 Å². The molecule has 0 fully saturated rings. The van der Waals surface area contributed by atoms with E-state index in [9.17, 15) is 8.42 Å². The van der Waals surface area contributed by atoms with Gasteiger partial charge in [-0.2, -0.15) is 0 Å². The van der Waals surface area contributed by atoms with Gasteiger partial charge in [-0.1, -0.05) is 91.0 Å². The summed E-state index contributed by atoms with van der Waals surface area (Å²) in [7, 11) is -4.76. The zero-order chi connectivity index (χ0) is 16.1. The Morgan fingerprint density at radius 1 is 0.609 bits per heavy atom. The third kappa shape index (κ3) is 3.87. The second-order valence-corrected chi connectivity index (χ2v) is 11.0. The van der Waals surface area contributed by atoms with Crippen molar-refractivity contribution in [1.29, 1.82) is 0 Å². The predicted molar refractivity (Wildman–Crippen MR) is 98.1 cm³/mol. The molecule has 0 amide bonds. The first kappa shape index (κ1) is 15.9. The first-order valence-corrected chi connectivity index (χ1v) is 10.9. The molecule has 23 heavy (non-hydrogen) atoms. The summed E-state index contributed by atoms with van der Waals surface area (Å²) in [5, 5.41) is 1.73. The summed E-state index contributed by atoms with van der Waals surface area (Å²) in [6, 6.07) is 28.4. The lowest BCUT2D eigenvalue weighted by molar-refractivity contribution is 0.609. The lowest BCUT2D eigenvalue weighted by Gasteiger charge is -2.18. The molecule has 116 valence electrons. The first-order valence-electron chi connectivity index (χ1n) is 7.34. The van der Waals surface area contributed by atoms with Crippen molar-refractivity contribution in [3.05, 3.63) is 96.6 Å². The van der Waals surface area contributed by atoms with Crippen LogP contribution in [0.1, 0.15) is 5.56 Å². The Labute approximate surface area is 138 Å². The highest BCUT2D eigenvalue weighted by molar-refractivity contribution is 8.54. The molecule has 0 atom stereocenters. The summed E-state index contributed by atoms with van der Waals surface area (Å²) in [6.07, 6.45) is 0. The van der Waals surface area contributed by atoms with E-state index in [1.54, 1.807) is 0 Å². The molecule has 0 aromatic heterocycles. The third-order valence-electron chi connectivity index (χ3n) is 3.45. The Morgan fingerprint density at radius 2 is 1.00 bits per heavy atom. The summed E-state index contributed by atoms with van der Waals surface area (Å²) < 4.78 is 26.3. The highest BCUT2D eigenvalue weighted by atomic mass is 32.8. The van der Waals surface area contributed by atoms with E-state index < -0.39 is 16.6 Å². The van der Waals surface area contributed by atoms with Crippen molar-refractivity contribution in [3.8, 4) is 0 Å². The van der Waals surface area contributed by atoms with Gasteiger partial charge in [0.05, 0.1) is 12.9 Å². The molecule has 2 nitrogen and oxygen atoms in total. The van der Waals surface area contributed by atoms with Gasteiger partial charge in [0.25, 0.3) is 0 Å². The quantitative estimate of drug-likeness (QED) is 0.665. The van der Waals surface area contributed by atoms with Crippen LogP contribution in [0.5, 0.6) is 0 Å². The molecule has 4 heteroatoms. The van der Waals surface area contributed by atoms with E-state index in [2.05, 4.69) is 0 Å². The molecule has 0 unspecified atom stereocenters. The van der Waals surface area contributed by atoms with Crippen molar-refractivity contribution >= 4 is 27.2 Å². The van der Waals surface area contributed by atoms with Crippen LogP contribution in [-0.2, 0) is 15.2 Å². The van der Waals surface area contributed by atoms with Gasteiger partial charge in [0, 0.05) is 0 Å². The molecule has 0 aliphatic heterocycles. The third-order valence-corrected chi connectivity index (χ3v) is 9.56. The van der Waals surface area contributed by atoms with Crippen LogP contribution >= 0.6 is 7.12 Å². The molecule has 0 heterocycles. The molecular weight excluding hydrogens is 323 g/mol. The molecule has 0 aliphatic rings. The summed E-state index contributed by atoms with van der Waals surface area (Å²) in [5.41, 5.74) is 0.826. The Kier molecular flexibility index (Phi) is 4.90. The molecule has 0 radical (unpaired) electrons. The van der Waals surface area contributed by atoms with E-state index in [1.807, 2.05) is 91.0 Å². The normalized spacial score (nSPS) is 11.5. The average Bonchev–Trinajstić information content (AvgIpc) is 2.57.